The zero-order valence-electron chi connectivity index (χ0n) is 16.6. The molecule has 5 N–H and O–H groups in total. The molecule has 7 heteroatoms. The Hall–Kier alpha value is -3.61. The lowest BCUT2D eigenvalue weighted by molar-refractivity contribution is -0.112. The van der Waals surface area contributed by atoms with Crippen molar-refractivity contribution in [2.24, 2.45) is 21.7 Å². The van der Waals surface area contributed by atoms with Gasteiger partial charge in [-0.2, -0.15) is 5.10 Å². The number of nitrogens with zero attached hydrogens (tertiary/aromatic N) is 2. The molecule has 0 fully saturated rings. The van der Waals surface area contributed by atoms with Crippen LogP contribution in [0, 0.1) is 0 Å². The molecule has 1 amide bonds. The fourth-order valence-electron chi connectivity index (χ4n) is 3.15. The SMILES string of the molecule is CCC/C(=N/N=C(N)N)c1ccc(NC(=O)C2=Cc3cc(OC)ccc3C2)cc1. The highest BCUT2D eigenvalue weighted by Gasteiger charge is 2.19. The molecule has 3 rings (SSSR count). The molecule has 0 aliphatic heterocycles. The normalized spacial score (nSPS) is 12.8. The number of nitrogens with two attached hydrogens (primary N) is 2. The van der Waals surface area contributed by atoms with Crippen molar-refractivity contribution in [1.82, 2.24) is 0 Å². The van der Waals surface area contributed by atoms with E-state index in [0.717, 1.165) is 46.6 Å². The van der Waals surface area contributed by atoms with Crippen molar-refractivity contribution in [3.05, 3.63) is 64.7 Å². The molecule has 0 spiro atoms. The first-order valence-corrected chi connectivity index (χ1v) is 9.45. The van der Waals surface area contributed by atoms with Crippen LogP contribution in [0.4, 0.5) is 5.69 Å². The Bertz CT molecular complexity index is 987. The first kappa shape index (κ1) is 20.1. The number of ether oxygens (including phenoxy) is 1. The lowest BCUT2D eigenvalue weighted by atomic mass is 10.1. The zero-order chi connectivity index (χ0) is 20.8. The van der Waals surface area contributed by atoms with E-state index in [9.17, 15) is 4.79 Å². The third kappa shape index (κ3) is 5.01. The number of methoxy groups -OCH3 is 1. The summed E-state index contributed by atoms with van der Waals surface area (Å²) in [7, 11) is 1.63. The number of hydrogen-bond acceptors (Lipinski definition) is 4. The molecule has 0 saturated carbocycles. The molecule has 7 nitrogen and oxygen atoms in total. The highest BCUT2D eigenvalue weighted by atomic mass is 16.5. The van der Waals surface area contributed by atoms with Gasteiger partial charge < -0.3 is 21.5 Å². The minimum Gasteiger partial charge on any atom is -0.497 e. The van der Waals surface area contributed by atoms with Gasteiger partial charge in [-0.15, -0.1) is 5.10 Å². The lowest BCUT2D eigenvalue weighted by Gasteiger charge is -2.08. The van der Waals surface area contributed by atoms with Gasteiger partial charge in [0, 0.05) is 17.7 Å². The van der Waals surface area contributed by atoms with Gasteiger partial charge in [0.25, 0.3) is 5.91 Å². The third-order valence-corrected chi connectivity index (χ3v) is 4.60. The zero-order valence-corrected chi connectivity index (χ0v) is 16.6. The van der Waals surface area contributed by atoms with Gasteiger partial charge in [-0.3, -0.25) is 4.79 Å². The minimum absolute atomic E-state index is 0.0778. The molecule has 0 saturated heterocycles. The summed E-state index contributed by atoms with van der Waals surface area (Å²) in [5, 5.41) is 10.8. The Balaban J connectivity index is 1.70. The van der Waals surface area contributed by atoms with E-state index in [1.807, 2.05) is 48.5 Å². The van der Waals surface area contributed by atoms with E-state index < -0.39 is 0 Å². The number of carbonyl (C=O) groups excluding carboxylic acids is 1. The van der Waals surface area contributed by atoms with Crippen molar-refractivity contribution >= 4 is 29.3 Å². The average molecular weight is 391 g/mol. The number of rotatable bonds is 7. The molecule has 1 aliphatic rings. The summed E-state index contributed by atoms with van der Waals surface area (Å²) in [4.78, 5) is 12.7. The summed E-state index contributed by atoms with van der Waals surface area (Å²) in [5.74, 6) is 0.587. The van der Waals surface area contributed by atoms with E-state index in [2.05, 4.69) is 22.4 Å². The molecule has 150 valence electrons. The molecule has 29 heavy (non-hydrogen) atoms. The Morgan fingerprint density at radius 1 is 1.14 bits per heavy atom. The van der Waals surface area contributed by atoms with Gasteiger partial charge in [0.15, 0.2) is 0 Å². The van der Waals surface area contributed by atoms with Crippen LogP contribution in [0.3, 0.4) is 0 Å². The molecule has 0 unspecified atom stereocenters. The van der Waals surface area contributed by atoms with Crippen LogP contribution in [-0.4, -0.2) is 24.7 Å². The van der Waals surface area contributed by atoms with Crippen LogP contribution >= 0.6 is 0 Å². The van der Waals surface area contributed by atoms with E-state index in [1.165, 1.54) is 0 Å². The highest BCUT2D eigenvalue weighted by Crippen LogP contribution is 2.29. The van der Waals surface area contributed by atoms with Crippen LogP contribution in [0.2, 0.25) is 0 Å². The maximum atomic E-state index is 12.7. The molecule has 2 aromatic rings. The molecular weight excluding hydrogens is 366 g/mol. The molecule has 2 aromatic carbocycles. The van der Waals surface area contributed by atoms with E-state index >= 15 is 0 Å². The van der Waals surface area contributed by atoms with Crippen molar-refractivity contribution in [1.29, 1.82) is 0 Å². The van der Waals surface area contributed by atoms with Gasteiger partial charge in [0.2, 0.25) is 5.96 Å². The van der Waals surface area contributed by atoms with Crippen molar-refractivity contribution in [2.75, 3.05) is 12.4 Å². The summed E-state index contributed by atoms with van der Waals surface area (Å²) >= 11 is 0. The second-order valence-electron chi connectivity index (χ2n) is 6.76. The van der Waals surface area contributed by atoms with Crippen LogP contribution in [0.25, 0.3) is 6.08 Å². The summed E-state index contributed by atoms with van der Waals surface area (Å²) in [5.41, 5.74) is 16.0. The molecule has 0 heterocycles. The largest absolute Gasteiger partial charge is 0.497 e. The van der Waals surface area contributed by atoms with Crippen LogP contribution in [0.5, 0.6) is 5.75 Å². The van der Waals surface area contributed by atoms with Gasteiger partial charge in [0.05, 0.1) is 12.8 Å². The molecule has 0 atom stereocenters. The summed E-state index contributed by atoms with van der Waals surface area (Å²) < 4.78 is 5.25. The quantitative estimate of drug-likeness (QED) is 0.382. The van der Waals surface area contributed by atoms with Crippen LogP contribution in [-0.2, 0) is 11.2 Å². The van der Waals surface area contributed by atoms with Crippen molar-refractivity contribution in [3.8, 4) is 5.75 Å². The second-order valence-corrected chi connectivity index (χ2v) is 6.76. The van der Waals surface area contributed by atoms with Crippen LogP contribution in [0.1, 0.15) is 36.5 Å². The first-order chi connectivity index (χ1) is 14.0. The van der Waals surface area contributed by atoms with Gasteiger partial charge in [0.1, 0.15) is 5.75 Å². The van der Waals surface area contributed by atoms with Crippen molar-refractivity contribution < 1.29 is 9.53 Å². The monoisotopic (exact) mass is 391 g/mol. The summed E-state index contributed by atoms with van der Waals surface area (Å²) in [6, 6.07) is 13.3. The van der Waals surface area contributed by atoms with Gasteiger partial charge in [-0.05, 0) is 53.5 Å². The van der Waals surface area contributed by atoms with E-state index in [4.69, 9.17) is 16.2 Å². The van der Waals surface area contributed by atoms with E-state index in [-0.39, 0.29) is 11.9 Å². The van der Waals surface area contributed by atoms with Gasteiger partial charge in [-0.1, -0.05) is 31.5 Å². The smallest absolute Gasteiger partial charge is 0.251 e. The van der Waals surface area contributed by atoms with Crippen molar-refractivity contribution in [3.63, 3.8) is 0 Å². The second kappa shape index (κ2) is 9.05. The number of nitrogens with one attached hydrogen (secondary N) is 1. The number of hydrogen-bond donors (Lipinski definition) is 3. The number of carbonyl (C=O) groups is 1. The molecule has 1 aliphatic carbocycles. The Morgan fingerprint density at radius 3 is 2.55 bits per heavy atom. The predicted molar refractivity (Wildman–Crippen MR) is 117 cm³/mol. The van der Waals surface area contributed by atoms with E-state index in [1.54, 1.807) is 7.11 Å². The predicted octanol–water partition coefficient (Wildman–Crippen LogP) is 3.05. The Kier molecular flexibility index (Phi) is 6.29. The van der Waals surface area contributed by atoms with Gasteiger partial charge >= 0.3 is 0 Å². The van der Waals surface area contributed by atoms with E-state index in [0.29, 0.717) is 12.1 Å². The Morgan fingerprint density at radius 2 is 1.90 bits per heavy atom. The first-order valence-electron chi connectivity index (χ1n) is 9.45. The van der Waals surface area contributed by atoms with Crippen molar-refractivity contribution in [2.45, 2.75) is 26.2 Å². The molecule has 0 aromatic heterocycles. The summed E-state index contributed by atoms with van der Waals surface area (Å²) in [6.45, 7) is 2.06. The van der Waals surface area contributed by atoms with Gasteiger partial charge in [-0.25, -0.2) is 0 Å². The third-order valence-electron chi connectivity index (χ3n) is 4.60. The van der Waals surface area contributed by atoms with Crippen LogP contribution in [0.15, 0.2) is 58.2 Å². The average Bonchev–Trinajstić information content (AvgIpc) is 3.15. The maximum Gasteiger partial charge on any atom is 0.251 e. The summed E-state index contributed by atoms with van der Waals surface area (Å²) in [6.07, 6.45) is 4.17. The minimum atomic E-state index is -0.115. The number of fused-ring (bicyclic) bond motifs is 1. The standard InChI is InChI=1S/C22H25N5O2/c1-3-4-20(26-27-22(23)24)14-5-8-18(9-6-14)25-21(28)17-11-15-7-10-19(29-2)13-16(15)12-17/h5-10,12-13H,3-4,11H2,1-2H3,(H,25,28)(H4,23,24,27)/b26-20-. The fraction of sp³-hybridized carbons (Fsp3) is 0.227. The number of guanidine groups is 1. The molecule has 0 bridgehead atoms. The number of amides is 1. The van der Waals surface area contributed by atoms with Crippen LogP contribution < -0.4 is 21.5 Å². The lowest BCUT2D eigenvalue weighted by Crippen LogP contribution is -2.22. The fourth-order valence-corrected chi connectivity index (χ4v) is 3.15. The Labute approximate surface area is 170 Å². The maximum absolute atomic E-state index is 12.7. The number of anilines is 1. The number of benzene rings is 2. The molecule has 0 radical (unpaired) electrons. The topological polar surface area (TPSA) is 115 Å². The molecular formula is C22H25N5O2. The highest BCUT2D eigenvalue weighted by molar-refractivity contribution is 6.08.